The van der Waals surface area contributed by atoms with E-state index in [1.807, 2.05) is 12.1 Å². The summed E-state index contributed by atoms with van der Waals surface area (Å²) in [6.07, 6.45) is 0. The average molecular weight is 216 g/mol. The topological polar surface area (TPSA) is 37.8 Å². The van der Waals surface area contributed by atoms with Crippen molar-refractivity contribution in [3.8, 4) is 0 Å². The fourth-order valence-electron chi connectivity index (χ4n) is 0.691. The average Bonchev–Trinajstić information content (AvgIpc) is 2.04. The first-order chi connectivity index (χ1) is 5.33. The lowest BCUT2D eigenvalue weighted by atomic mass is 10.4. The predicted octanol–water partition coefficient (Wildman–Crippen LogP) is 1.35. The van der Waals surface area contributed by atoms with Crippen LogP contribution in [0.2, 0.25) is 0 Å². The number of nitrogens with one attached hydrogen (secondary N) is 1. The number of nitrogens with zero attached hydrogens (tertiary/aromatic N) is 2. The van der Waals surface area contributed by atoms with Gasteiger partial charge in [-0.15, -0.1) is 5.10 Å². The van der Waals surface area contributed by atoms with Crippen LogP contribution in [-0.4, -0.2) is 16.7 Å². The summed E-state index contributed by atoms with van der Waals surface area (Å²) in [5.41, 5.74) is 0.968. The largest absolute Gasteiger partial charge is 0.311 e. The van der Waals surface area contributed by atoms with Crippen LogP contribution in [0.3, 0.4) is 0 Å². The molecule has 0 aliphatic carbocycles. The second kappa shape index (κ2) is 4.41. The second-order valence-electron chi connectivity index (χ2n) is 2.13. The molecule has 11 heavy (non-hydrogen) atoms. The summed E-state index contributed by atoms with van der Waals surface area (Å²) in [7, 11) is 0. The molecule has 0 saturated heterocycles. The SMILES string of the molecule is CCNCc1ccc(Br)nn1. The lowest BCUT2D eigenvalue weighted by Gasteiger charge is -1.98. The molecule has 1 N–H and O–H groups in total. The Bertz CT molecular complexity index is 209. The van der Waals surface area contributed by atoms with Crippen LogP contribution < -0.4 is 5.32 Å². The summed E-state index contributed by atoms with van der Waals surface area (Å²) in [5.74, 6) is 0. The molecule has 0 fully saturated rings. The van der Waals surface area contributed by atoms with Crippen LogP contribution in [0.4, 0.5) is 0 Å². The van der Waals surface area contributed by atoms with Crippen molar-refractivity contribution < 1.29 is 0 Å². The Balaban J connectivity index is 2.52. The zero-order valence-electron chi connectivity index (χ0n) is 6.34. The quantitative estimate of drug-likeness (QED) is 0.828. The summed E-state index contributed by atoms with van der Waals surface area (Å²) in [5, 5.41) is 11.0. The predicted molar refractivity (Wildman–Crippen MR) is 47.1 cm³/mol. The minimum absolute atomic E-state index is 0.776. The van der Waals surface area contributed by atoms with Gasteiger partial charge in [0, 0.05) is 6.54 Å². The van der Waals surface area contributed by atoms with E-state index in [2.05, 4.69) is 38.4 Å². The Kier molecular flexibility index (Phi) is 3.45. The van der Waals surface area contributed by atoms with Crippen LogP contribution in [0.25, 0.3) is 0 Å². The van der Waals surface area contributed by atoms with Crippen LogP contribution in [0.1, 0.15) is 12.6 Å². The number of rotatable bonds is 3. The maximum atomic E-state index is 3.96. The summed E-state index contributed by atoms with van der Waals surface area (Å²) in [6.45, 7) is 3.81. The molecule has 0 radical (unpaired) electrons. The summed E-state index contributed by atoms with van der Waals surface area (Å²) < 4.78 is 0.776. The van der Waals surface area contributed by atoms with Crippen molar-refractivity contribution in [3.63, 3.8) is 0 Å². The highest BCUT2D eigenvalue weighted by atomic mass is 79.9. The van der Waals surface area contributed by atoms with Gasteiger partial charge in [0.15, 0.2) is 0 Å². The maximum Gasteiger partial charge on any atom is 0.128 e. The third-order valence-electron chi connectivity index (χ3n) is 1.24. The molecule has 0 unspecified atom stereocenters. The Morgan fingerprint density at radius 2 is 2.27 bits per heavy atom. The molecule has 0 aromatic carbocycles. The molecule has 1 rings (SSSR count). The Labute approximate surface area is 74.4 Å². The summed E-state index contributed by atoms with van der Waals surface area (Å²) in [4.78, 5) is 0. The Hall–Kier alpha value is -0.480. The molecule has 0 aliphatic heterocycles. The van der Waals surface area contributed by atoms with E-state index in [0.29, 0.717) is 0 Å². The van der Waals surface area contributed by atoms with Gasteiger partial charge in [0.2, 0.25) is 0 Å². The van der Waals surface area contributed by atoms with Crippen LogP contribution >= 0.6 is 15.9 Å². The first-order valence-corrected chi connectivity index (χ1v) is 4.31. The van der Waals surface area contributed by atoms with Crippen molar-refractivity contribution in [2.45, 2.75) is 13.5 Å². The van der Waals surface area contributed by atoms with Gasteiger partial charge in [-0.1, -0.05) is 6.92 Å². The molecule has 0 amide bonds. The van der Waals surface area contributed by atoms with Gasteiger partial charge >= 0.3 is 0 Å². The molecule has 1 aromatic heterocycles. The van der Waals surface area contributed by atoms with Gasteiger partial charge in [-0.3, -0.25) is 0 Å². The van der Waals surface area contributed by atoms with Gasteiger partial charge in [0.1, 0.15) is 4.60 Å². The summed E-state index contributed by atoms with van der Waals surface area (Å²) in [6, 6.07) is 3.83. The van der Waals surface area contributed by atoms with E-state index in [4.69, 9.17) is 0 Å². The number of hydrogen-bond acceptors (Lipinski definition) is 3. The zero-order valence-corrected chi connectivity index (χ0v) is 7.93. The fraction of sp³-hybridized carbons (Fsp3) is 0.429. The number of aromatic nitrogens is 2. The lowest BCUT2D eigenvalue weighted by Crippen LogP contribution is -2.13. The molecule has 0 saturated carbocycles. The van der Waals surface area contributed by atoms with Gasteiger partial charge in [0.05, 0.1) is 5.69 Å². The van der Waals surface area contributed by atoms with E-state index >= 15 is 0 Å². The van der Waals surface area contributed by atoms with Crippen LogP contribution in [0, 0.1) is 0 Å². The molecule has 1 heterocycles. The van der Waals surface area contributed by atoms with Crippen molar-refractivity contribution in [1.82, 2.24) is 15.5 Å². The maximum absolute atomic E-state index is 3.96. The molecular formula is C7H10BrN3. The first-order valence-electron chi connectivity index (χ1n) is 3.51. The van der Waals surface area contributed by atoms with Gasteiger partial charge in [-0.2, -0.15) is 5.10 Å². The van der Waals surface area contributed by atoms with E-state index in [-0.39, 0.29) is 0 Å². The van der Waals surface area contributed by atoms with E-state index in [1.54, 1.807) is 0 Å². The fourth-order valence-corrected chi connectivity index (χ4v) is 0.902. The van der Waals surface area contributed by atoms with Gasteiger partial charge in [-0.25, -0.2) is 0 Å². The van der Waals surface area contributed by atoms with E-state index < -0.39 is 0 Å². The van der Waals surface area contributed by atoms with Gasteiger partial charge in [-0.05, 0) is 34.6 Å². The molecular weight excluding hydrogens is 206 g/mol. The number of halogens is 1. The Morgan fingerprint density at radius 3 is 2.82 bits per heavy atom. The van der Waals surface area contributed by atoms with Crippen molar-refractivity contribution in [3.05, 3.63) is 22.4 Å². The third kappa shape index (κ3) is 2.95. The molecule has 0 aliphatic rings. The third-order valence-corrected chi connectivity index (χ3v) is 1.67. The lowest BCUT2D eigenvalue weighted by molar-refractivity contribution is 0.697. The molecule has 0 bridgehead atoms. The van der Waals surface area contributed by atoms with Crippen molar-refractivity contribution in [2.24, 2.45) is 0 Å². The van der Waals surface area contributed by atoms with E-state index in [0.717, 1.165) is 23.4 Å². The van der Waals surface area contributed by atoms with Crippen molar-refractivity contribution >= 4 is 15.9 Å². The molecule has 60 valence electrons. The minimum atomic E-state index is 0.776. The van der Waals surface area contributed by atoms with Gasteiger partial charge in [0.25, 0.3) is 0 Å². The van der Waals surface area contributed by atoms with Crippen molar-refractivity contribution in [2.75, 3.05) is 6.54 Å². The van der Waals surface area contributed by atoms with Crippen molar-refractivity contribution in [1.29, 1.82) is 0 Å². The molecule has 0 atom stereocenters. The first kappa shape index (κ1) is 8.62. The van der Waals surface area contributed by atoms with E-state index in [1.165, 1.54) is 0 Å². The smallest absolute Gasteiger partial charge is 0.128 e. The Morgan fingerprint density at radius 1 is 1.45 bits per heavy atom. The second-order valence-corrected chi connectivity index (χ2v) is 2.94. The molecule has 1 aromatic rings. The molecule has 3 nitrogen and oxygen atoms in total. The normalized spacial score (nSPS) is 10.0. The van der Waals surface area contributed by atoms with Crippen LogP contribution in [-0.2, 0) is 6.54 Å². The van der Waals surface area contributed by atoms with Crippen LogP contribution in [0.5, 0.6) is 0 Å². The standard InChI is InChI=1S/C7H10BrN3/c1-2-9-5-6-3-4-7(8)11-10-6/h3-4,9H,2,5H2,1H3. The monoisotopic (exact) mass is 215 g/mol. The van der Waals surface area contributed by atoms with E-state index in [9.17, 15) is 0 Å². The highest BCUT2D eigenvalue weighted by Gasteiger charge is 1.92. The number of hydrogen-bond donors (Lipinski definition) is 1. The zero-order chi connectivity index (χ0) is 8.10. The van der Waals surface area contributed by atoms with Gasteiger partial charge < -0.3 is 5.32 Å². The highest BCUT2D eigenvalue weighted by Crippen LogP contribution is 2.02. The van der Waals surface area contributed by atoms with Crippen LogP contribution in [0.15, 0.2) is 16.7 Å². The summed E-state index contributed by atoms with van der Waals surface area (Å²) >= 11 is 3.22. The minimum Gasteiger partial charge on any atom is -0.311 e. The highest BCUT2D eigenvalue weighted by molar-refractivity contribution is 9.10. The molecule has 0 spiro atoms. The molecule has 4 heteroatoms.